The number of nitrogens with zero attached hydrogens (tertiary/aromatic N) is 4. The number of ether oxygens (including phenoxy) is 2. The molecule has 1 atom stereocenters. The minimum Gasteiger partial charge on any atom is -0.497 e. The third kappa shape index (κ3) is 3.99. The summed E-state index contributed by atoms with van der Waals surface area (Å²) in [5.74, 6) is 0.939. The number of aromatic nitrogens is 3. The van der Waals surface area contributed by atoms with Gasteiger partial charge in [0.05, 0.1) is 49.7 Å². The van der Waals surface area contributed by atoms with Crippen molar-refractivity contribution in [2.24, 2.45) is 0 Å². The van der Waals surface area contributed by atoms with Gasteiger partial charge in [-0.1, -0.05) is 17.3 Å². The van der Waals surface area contributed by atoms with Gasteiger partial charge in [0.25, 0.3) is 0 Å². The van der Waals surface area contributed by atoms with Crippen molar-refractivity contribution in [3.8, 4) is 5.75 Å². The zero-order valence-corrected chi connectivity index (χ0v) is 20.6. The van der Waals surface area contributed by atoms with Crippen molar-refractivity contribution in [3.63, 3.8) is 0 Å². The van der Waals surface area contributed by atoms with Gasteiger partial charge in [-0.15, -0.1) is 5.10 Å². The van der Waals surface area contributed by atoms with E-state index in [-0.39, 0.29) is 19.1 Å². The molecule has 1 aliphatic carbocycles. The van der Waals surface area contributed by atoms with Gasteiger partial charge in [0.15, 0.2) is 0 Å². The van der Waals surface area contributed by atoms with E-state index in [0.717, 1.165) is 36.3 Å². The van der Waals surface area contributed by atoms with Crippen molar-refractivity contribution in [3.05, 3.63) is 41.2 Å². The molecule has 0 radical (unpaired) electrons. The maximum absolute atomic E-state index is 13.5. The predicted octanol–water partition coefficient (Wildman–Crippen LogP) is 1.35. The lowest BCUT2D eigenvalue weighted by atomic mass is 9.94. The molecule has 2 fully saturated rings. The van der Waals surface area contributed by atoms with E-state index in [1.807, 2.05) is 29.2 Å². The van der Waals surface area contributed by atoms with Crippen molar-refractivity contribution in [1.29, 1.82) is 0 Å². The number of fused-ring (bicyclic) bond motifs is 1. The Balaban J connectivity index is 1.26. The first-order valence-corrected chi connectivity index (χ1v) is 13.2. The van der Waals surface area contributed by atoms with E-state index in [2.05, 4.69) is 15.0 Å². The molecule has 1 saturated heterocycles. The molecular formula is C23H31N5O5S. The fraction of sp³-hybridized carbons (Fsp3) is 0.609. The van der Waals surface area contributed by atoms with Gasteiger partial charge in [-0.3, -0.25) is 4.79 Å². The van der Waals surface area contributed by atoms with Crippen LogP contribution in [0.2, 0.25) is 0 Å². The molecule has 1 N–H and O–H groups in total. The summed E-state index contributed by atoms with van der Waals surface area (Å²) in [5, 5.41) is 7.92. The van der Waals surface area contributed by atoms with Crippen LogP contribution in [0.15, 0.2) is 24.3 Å². The summed E-state index contributed by atoms with van der Waals surface area (Å²) in [6.45, 7) is 5.28. The fourth-order valence-electron chi connectivity index (χ4n) is 4.90. The normalized spacial score (nSPS) is 23.4. The highest BCUT2D eigenvalue weighted by molar-refractivity contribution is 7.90. The quantitative estimate of drug-likeness (QED) is 0.624. The van der Waals surface area contributed by atoms with Crippen molar-refractivity contribution >= 4 is 15.9 Å². The number of methoxy groups -OCH3 is 1. The molecular weight excluding hydrogens is 458 g/mol. The number of amides is 1. The summed E-state index contributed by atoms with van der Waals surface area (Å²) in [5.41, 5.74) is 1.45. The van der Waals surface area contributed by atoms with Crippen LogP contribution in [0.3, 0.4) is 0 Å². The van der Waals surface area contributed by atoms with E-state index in [1.165, 1.54) is 0 Å². The monoisotopic (exact) mass is 489 g/mol. The molecule has 0 bridgehead atoms. The summed E-state index contributed by atoms with van der Waals surface area (Å²) in [7, 11) is -1.76. The zero-order valence-electron chi connectivity index (χ0n) is 19.8. The molecule has 2 aromatic rings. The molecule has 1 unspecified atom stereocenters. The minimum atomic E-state index is -3.39. The lowest BCUT2D eigenvalue weighted by Crippen LogP contribution is -2.46. The first-order valence-electron chi connectivity index (χ1n) is 11.7. The first-order chi connectivity index (χ1) is 16.2. The highest BCUT2D eigenvalue weighted by atomic mass is 32.2. The van der Waals surface area contributed by atoms with Gasteiger partial charge in [-0.25, -0.2) is 17.8 Å². The smallest absolute Gasteiger partial charge is 0.233 e. The Kier molecular flexibility index (Phi) is 5.69. The van der Waals surface area contributed by atoms with Crippen LogP contribution in [0.4, 0.5) is 0 Å². The van der Waals surface area contributed by atoms with Crippen molar-refractivity contribution in [2.45, 2.75) is 69.1 Å². The van der Waals surface area contributed by atoms with Crippen LogP contribution in [-0.2, 0) is 44.7 Å². The van der Waals surface area contributed by atoms with E-state index in [4.69, 9.17) is 9.47 Å². The van der Waals surface area contributed by atoms with Crippen molar-refractivity contribution < 1.29 is 22.7 Å². The minimum absolute atomic E-state index is 0.0845. The van der Waals surface area contributed by atoms with Crippen LogP contribution in [0.1, 0.15) is 50.1 Å². The number of hydrogen-bond acceptors (Lipinski definition) is 7. The predicted molar refractivity (Wildman–Crippen MR) is 124 cm³/mol. The number of hydrogen-bond donors (Lipinski definition) is 1. The zero-order chi connectivity index (χ0) is 24.1. The summed E-state index contributed by atoms with van der Waals surface area (Å²) in [6.07, 6.45) is 2.43. The van der Waals surface area contributed by atoms with Crippen molar-refractivity contribution in [1.82, 2.24) is 24.6 Å². The van der Waals surface area contributed by atoms with Gasteiger partial charge in [0, 0.05) is 6.54 Å². The molecule has 1 saturated carbocycles. The molecule has 10 nitrogen and oxygen atoms in total. The Morgan fingerprint density at radius 3 is 2.59 bits per heavy atom. The maximum Gasteiger partial charge on any atom is 0.233 e. The number of carbonyl (C=O) groups excluding carboxylic acids is 1. The number of sulfonamides is 1. The fourth-order valence-corrected chi connectivity index (χ4v) is 5.57. The average molecular weight is 490 g/mol. The van der Waals surface area contributed by atoms with Gasteiger partial charge < -0.3 is 14.4 Å². The van der Waals surface area contributed by atoms with Gasteiger partial charge >= 0.3 is 0 Å². The number of carbonyl (C=O) groups is 1. The number of nitrogens with one attached hydrogen (secondary N) is 1. The van der Waals surface area contributed by atoms with Gasteiger partial charge in [-0.05, 0) is 50.8 Å². The summed E-state index contributed by atoms with van der Waals surface area (Å²) in [6, 6.07) is 7.79. The van der Waals surface area contributed by atoms with Crippen molar-refractivity contribution in [2.75, 3.05) is 20.2 Å². The topological polar surface area (TPSA) is 116 Å². The molecule has 2 aliphatic heterocycles. The average Bonchev–Trinajstić information content (AvgIpc) is 3.40. The SMILES string of the molecule is COc1ccc(C2(C(=O)N3CCC4(C3)Cn3nnc(CNS(=O)(=O)C(C)C)c3CO4)CC2)cc1. The Bertz CT molecular complexity index is 1190. The van der Waals surface area contributed by atoms with Gasteiger partial charge in [0.1, 0.15) is 17.0 Å². The van der Waals surface area contributed by atoms with E-state index < -0.39 is 26.3 Å². The second-order valence-corrected chi connectivity index (χ2v) is 12.1. The molecule has 34 heavy (non-hydrogen) atoms. The molecule has 1 aromatic carbocycles. The van der Waals surface area contributed by atoms with E-state index >= 15 is 0 Å². The lowest BCUT2D eigenvalue weighted by molar-refractivity contribution is -0.136. The molecule has 3 heterocycles. The van der Waals surface area contributed by atoms with Crippen LogP contribution in [-0.4, -0.2) is 65.3 Å². The number of benzene rings is 1. The maximum atomic E-state index is 13.5. The second-order valence-electron chi connectivity index (χ2n) is 9.81. The second kappa shape index (κ2) is 8.31. The third-order valence-corrected chi connectivity index (χ3v) is 9.13. The van der Waals surface area contributed by atoms with Crippen LogP contribution in [0.25, 0.3) is 0 Å². The molecule has 3 aliphatic rings. The Morgan fingerprint density at radius 2 is 1.94 bits per heavy atom. The van der Waals surface area contributed by atoms with Crippen LogP contribution >= 0.6 is 0 Å². The molecule has 1 spiro atoms. The summed E-state index contributed by atoms with van der Waals surface area (Å²) >= 11 is 0. The molecule has 5 rings (SSSR count). The van der Waals surface area contributed by atoms with Gasteiger partial charge in [0.2, 0.25) is 15.9 Å². The molecule has 1 amide bonds. The Morgan fingerprint density at radius 1 is 1.21 bits per heavy atom. The van der Waals surface area contributed by atoms with Crippen LogP contribution < -0.4 is 9.46 Å². The lowest BCUT2D eigenvalue weighted by Gasteiger charge is -2.34. The summed E-state index contributed by atoms with van der Waals surface area (Å²) in [4.78, 5) is 15.5. The van der Waals surface area contributed by atoms with Crippen LogP contribution in [0, 0.1) is 0 Å². The highest BCUT2D eigenvalue weighted by Gasteiger charge is 2.56. The standard InChI is InChI=1S/C23H31N5O5S/c1-16(2)34(30,31)24-12-19-20-13-33-22(15-28(20)26-25-19)10-11-27(14-22)21(29)23(8-9-23)17-4-6-18(32-3)7-5-17/h4-7,16,24H,8-15H2,1-3H3. The third-order valence-electron chi connectivity index (χ3n) is 7.34. The van der Waals surface area contributed by atoms with E-state index in [9.17, 15) is 13.2 Å². The molecule has 11 heteroatoms. The summed E-state index contributed by atoms with van der Waals surface area (Å²) < 4.78 is 40.1. The first kappa shape index (κ1) is 23.3. The molecule has 1 aromatic heterocycles. The largest absolute Gasteiger partial charge is 0.497 e. The Hall–Kier alpha value is -2.50. The van der Waals surface area contributed by atoms with Crippen LogP contribution in [0.5, 0.6) is 5.75 Å². The highest BCUT2D eigenvalue weighted by Crippen LogP contribution is 2.51. The number of likely N-dealkylation sites (tertiary alicyclic amines) is 1. The molecule has 184 valence electrons. The van der Waals surface area contributed by atoms with E-state index in [1.54, 1.807) is 25.6 Å². The van der Waals surface area contributed by atoms with Gasteiger partial charge in [-0.2, -0.15) is 0 Å². The van der Waals surface area contributed by atoms with E-state index in [0.29, 0.717) is 25.3 Å². The Labute approximate surface area is 199 Å². The number of rotatable bonds is 7.